The first-order valence-corrected chi connectivity index (χ1v) is 9.12. The van der Waals surface area contributed by atoms with Crippen LogP contribution < -0.4 is 10.6 Å². The Labute approximate surface area is 141 Å². The number of hydrogen-bond acceptors (Lipinski definition) is 4. The van der Waals surface area contributed by atoms with Crippen LogP contribution in [0.4, 0.5) is 5.69 Å². The SMILES string of the molecule is Cc1ccc(NC2(C(=O)NCc3cscn3)CCCCC2)cc1. The van der Waals surface area contributed by atoms with Gasteiger partial charge in [0.2, 0.25) is 5.91 Å². The quantitative estimate of drug-likeness (QED) is 0.875. The van der Waals surface area contributed by atoms with Crippen molar-refractivity contribution in [3.05, 3.63) is 46.4 Å². The molecule has 1 aromatic carbocycles. The summed E-state index contributed by atoms with van der Waals surface area (Å²) < 4.78 is 0. The van der Waals surface area contributed by atoms with E-state index < -0.39 is 5.54 Å². The Morgan fingerprint density at radius 2 is 1.96 bits per heavy atom. The van der Waals surface area contributed by atoms with Gasteiger partial charge in [-0.25, -0.2) is 4.98 Å². The average Bonchev–Trinajstić information content (AvgIpc) is 3.09. The summed E-state index contributed by atoms with van der Waals surface area (Å²) in [6, 6.07) is 8.26. The van der Waals surface area contributed by atoms with Gasteiger partial charge in [-0.05, 0) is 31.9 Å². The second-order valence-corrected chi connectivity index (χ2v) is 7.01. The maximum Gasteiger partial charge on any atom is 0.245 e. The number of carbonyl (C=O) groups excluding carboxylic acids is 1. The fourth-order valence-corrected chi connectivity index (χ4v) is 3.70. The maximum absolute atomic E-state index is 12.9. The van der Waals surface area contributed by atoms with E-state index in [1.807, 2.05) is 5.38 Å². The highest BCUT2D eigenvalue weighted by molar-refractivity contribution is 7.07. The van der Waals surface area contributed by atoms with Gasteiger partial charge in [0.15, 0.2) is 0 Å². The van der Waals surface area contributed by atoms with Crippen LogP contribution in [0.3, 0.4) is 0 Å². The lowest BCUT2D eigenvalue weighted by atomic mass is 9.80. The number of nitrogens with zero attached hydrogens (tertiary/aromatic N) is 1. The van der Waals surface area contributed by atoms with Crippen molar-refractivity contribution in [3.8, 4) is 0 Å². The molecular weight excluding hydrogens is 306 g/mol. The predicted octanol–water partition coefficient (Wildman–Crippen LogP) is 3.88. The molecule has 1 heterocycles. The normalized spacial score (nSPS) is 16.7. The molecule has 2 aromatic rings. The second-order valence-electron chi connectivity index (χ2n) is 6.30. The third kappa shape index (κ3) is 3.91. The number of carbonyl (C=O) groups is 1. The van der Waals surface area contributed by atoms with Crippen LogP contribution in [0.5, 0.6) is 0 Å². The van der Waals surface area contributed by atoms with E-state index in [-0.39, 0.29) is 5.91 Å². The van der Waals surface area contributed by atoms with Crippen molar-refractivity contribution in [2.24, 2.45) is 0 Å². The topological polar surface area (TPSA) is 54.0 Å². The largest absolute Gasteiger partial charge is 0.371 e. The first-order valence-electron chi connectivity index (χ1n) is 8.18. The number of thiazole rings is 1. The number of aryl methyl sites for hydroxylation is 1. The number of aromatic nitrogens is 1. The fraction of sp³-hybridized carbons (Fsp3) is 0.444. The van der Waals surface area contributed by atoms with Crippen LogP contribution in [-0.4, -0.2) is 16.4 Å². The molecule has 1 saturated carbocycles. The minimum atomic E-state index is -0.496. The van der Waals surface area contributed by atoms with Gasteiger partial charge in [-0.3, -0.25) is 4.79 Å². The fourth-order valence-electron chi connectivity index (χ4n) is 3.14. The highest BCUT2D eigenvalue weighted by atomic mass is 32.1. The highest BCUT2D eigenvalue weighted by Crippen LogP contribution is 2.32. The molecule has 0 atom stereocenters. The molecule has 4 nitrogen and oxygen atoms in total. The van der Waals surface area contributed by atoms with Crippen molar-refractivity contribution in [1.82, 2.24) is 10.3 Å². The van der Waals surface area contributed by atoms with E-state index >= 15 is 0 Å². The summed E-state index contributed by atoms with van der Waals surface area (Å²) >= 11 is 1.55. The van der Waals surface area contributed by atoms with Crippen molar-refractivity contribution >= 4 is 22.9 Å². The molecule has 0 saturated heterocycles. The number of hydrogen-bond donors (Lipinski definition) is 2. The molecule has 5 heteroatoms. The van der Waals surface area contributed by atoms with Gasteiger partial charge >= 0.3 is 0 Å². The van der Waals surface area contributed by atoms with Gasteiger partial charge < -0.3 is 10.6 Å². The van der Waals surface area contributed by atoms with Crippen molar-refractivity contribution in [3.63, 3.8) is 0 Å². The lowest BCUT2D eigenvalue weighted by Gasteiger charge is -2.37. The van der Waals surface area contributed by atoms with Gasteiger partial charge in [-0.2, -0.15) is 0 Å². The van der Waals surface area contributed by atoms with Crippen molar-refractivity contribution in [2.75, 3.05) is 5.32 Å². The molecule has 1 aliphatic carbocycles. The Morgan fingerprint density at radius 1 is 1.22 bits per heavy atom. The Kier molecular flexibility index (Phi) is 4.96. The molecule has 0 aliphatic heterocycles. The number of anilines is 1. The van der Waals surface area contributed by atoms with E-state index in [9.17, 15) is 4.79 Å². The maximum atomic E-state index is 12.9. The molecule has 1 fully saturated rings. The van der Waals surface area contributed by atoms with Crippen LogP contribution in [0.15, 0.2) is 35.2 Å². The molecule has 1 aliphatic rings. The molecule has 0 radical (unpaired) electrons. The molecule has 3 rings (SSSR count). The summed E-state index contributed by atoms with van der Waals surface area (Å²) in [5.41, 5.74) is 4.46. The molecule has 1 amide bonds. The smallest absolute Gasteiger partial charge is 0.245 e. The monoisotopic (exact) mass is 329 g/mol. The van der Waals surface area contributed by atoms with E-state index in [4.69, 9.17) is 0 Å². The summed E-state index contributed by atoms with van der Waals surface area (Å²) in [7, 11) is 0. The molecule has 0 unspecified atom stereocenters. The Bertz CT molecular complexity index is 631. The Balaban J connectivity index is 1.72. The standard InChI is InChI=1S/C18H23N3OS/c1-14-5-7-15(8-6-14)21-18(9-3-2-4-10-18)17(22)19-11-16-12-23-13-20-16/h5-8,12-13,21H,2-4,9-11H2,1H3,(H,19,22). The number of nitrogens with one attached hydrogen (secondary N) is 2. The van der Waals surface area contributed by atoms with Gasteiger partial charge in [-0.1, -0.05) is 37.0 Å². The number of rotatable bonds is 5. The number of amides is 1. The third-order valence-electron chi connectivity index (χ3n) is 4.49. The molecule has 1 aromatic heterocycles. The van der Waals surface area contributed by atoms with Gasteiger partial charge in [0.25, 0.3) is 0 Å². The summed E-state index contributed by atoms with van der Waals surface area (Å²) in [4.78, 5) is 17.1. The van der Waals surface area contributed by atoms with Crippen LogP contribution >= 0.6 is 11.3 Å². The second kappa shape index (κ2) is 7.13. The lowest BCUT2D eigenvalue weighted by Crippen LogP contribution is -2.53. The van der Waals surface area contributed by atoms with Crippen LogP contribution in [0.2, 0.25) is 0 Å². The minimum absolute atomic E-state index is 0.0887. The molecular formula is C18H23N3OS. The lowest BCUT2D eigenvalue weighted by molar-refractivity contribution is -0.126. The van der Waals surface area contributed by atoms with E-state index in [0.29, 0.717) is 6.54 Å². The van der Waals surface area contributed by atoms with Crippen LogP contribution in [0.1, 0.15) is 43.4 Å². The zero-order valence-electron chi connectivity index (χ0n) is 13.5. The van der Waals surface area contributed by atoms with Gasteiger partial charge in [0.1, 0.15) is 5.54 Å². The summed E-state index contributed by atoms with van der Waals surface area (Å²) in [5, 5.41) is 8.57. The van der Waals surface area contributed by atoms with Crippen molar-refractivity contribution < 1.29 is 4.79 Å². The predicted molar refractivity (Wildman–Crippen MR) is 94.6 cm³/mol. The van der Waals surface area contributed by atoms with E-state index in [2.05, 4.69) is 46.8 Å². The summed E-state index contributed by atoms with van der Waals surface area (Å²) in [6.07, 6.45) is 5.14. The van der Waals surface area contributed by atoms with E-state index in [1.165, 1.54) is 12.0 Å². The molecule has 2 N–H and O–H groups in total. The molecule has 23 heavy (non-hydrogen) atoms. The molecule has 0 spiro atoms. The number of benzene rings is 1. The van der Waals surface area contributed by atoms with Crippen molar-refractivity contribution in [1.29, 1.82) is 0 Å². The van der Waals surface area contributed by atoms with E-state index in [1.54, 1.807) is 16.8 Å². The zero-order valence-corrected chi connectivity index (χ0v) is 14.3. The van der Waals surface area contributed by atoms with E-state index in [0.717, 1.165) is 37.1 Å². The third-order valence-corrected chi connectivity index (χ3v) is 5.13. The van der Waals surface area contributed by atoms with Crippen molar-refractivity contribution in [2.45, 2.75) is 51.1 Å². The summed E-state index contributed by atoms with van der Waals surface area (Å²) in [6.45, 7) is 2.57. The van der Waals surface area contributed by atoms with Crippen LogP contribution in [0, 0.1) is 6.92 Å². The zero-order chi connectivity index (χ0) is 16.1. The highest BCUT2D eigenvalue weighted by Gasteiger charge is 2.39. The minimum Gasteiger partial charge on any atom is -0.371 e. The molecule has 122 valence electrons. The Hall–Kier alpha value is -1.88. The average molecular weight is 329 g/mol. The first-order chi connectivity index (χ1) is 11.2. The summed E-state index contributed by atoms with van der Waals surface area (Å²) in [5.74, 6) is 0.0887. The Morgan fingerprint density at radius 3 is 2.61 bits per heavy atom. The van der Waals surface area contributed by atoms with Crippen LogP contribution in [0.25, 0.3) is 0 Å². The van der Waals surface area contributed by atoms with Gasteiger partial charge in [0, 0.05) is 11.1 Å². The van der Waals surface area contributed by atoms with Gasteiger partial charge in [-0.15, -0.1) is 11.3 Å². The van der Waals surface area contributed by atoms with Gasteiger partial charge in [0.05, 0.1) is 17.7 Å². The molecule has 0 bridgehead atoms. The first kappa shape index (κ1) is 16.0. The van der Waals surface area contributed by atoms with Crippen LogP contribution in [-0.2, 0) is 11.3 Å².